The van der Waals surface area contributed by atoms with Gasteiger partial charge in [0.2, 0.25) is 0 Å². The summed E-state index contributed by atoms with van der Waals surface area (Å²) in [6.45, 7) is 8.80. The van der Waals surface area contributed by atoms with Gasteiger partial charge in [-0.25, -0.2) is 14.8 Å². The Balaban J connectivity index is 1.50. The summed E-state index contributed by atoms with van der Waals surface area (Å²) in [5.74, 6) is -0.218. The van der Waals surface area contributed by atoms with Crippen LogP contribution in [0.2, 0.25) is 0 Å². The maximum Gasteiger partial charge on any atom is 0.410 e. The summed E-state index contributed by atoms with van der Waals surface area (Å²) in [7, 11) is 0. The van der Waals surface area contributed by atoms with Gasteiger partial charge in [-0.15, -0.1) is 0 Å². The van der Waals surface area contributed by atoms with Crippen molar-refractivity contribution < 1.29 is 14.3 Å². The number of nitrogens with one attached hydrogen (secondary N) is 1. The molecule has 3 heterocycles. The van der Waals surface area contributed by atoms with Crippen molar-refractivity contribution in [3.63, 3.8) is 0 Å². The van der Waals surface area contributed by atoms with Crippen LogP contribution in [-0.2, 0) is 23.4 Å². The van der Waals surface area contributed by atoms with E-state index in [1.54, 1.807) is 11.1 Å². The predicted molar refractivity (Wildman–Crippen MR) is 104 cm³/mol. The molecular weight excluding hydrogens is 372 g/mol. The Labute approximate surface area is 169 Å². The van der Waals surface area contributed by atoms with Gasteiger partial charge in [-0.2, -0.15) is 5.10 Å². The zero-order valence-electron chi connectivity index (χ0n) is 17.2. The van der Waals surface area contributed by atoms with Crippen molar-refractivity contribution in [2.24, 2.45) is 0 Å². The highest BCUT2D eigenvalue weighted by molar-refractivity contribution is 5.94. The van der Waals surface area contributed by atoms with Crippen molar-refractivity contribution in [3.05, 3.63) is 41.2 Å². The van der Waals surface area contributed by atoms with Crippen molar-refractivity contribution in [2.75, 3.05) is 6.54 Å². The lowest BCUT2D eigenvalue weighted by Gasteiger charge is -2.30. The second kappa shape index (κ2) is 6.82. The molecule has 0 radical (unpaired) electrons. The third-order valence-electron chi connectivity index (χ3n) is 5.28. The Bertz CT molecular complexity index is 943. The Morgan fingerprint density at radius 1 is 1.24 bits per heavy atom. The van der Waals surface area contributed by atoms with Crippen LogP contribution < -0.4 is 5.32 Å². The van der Waals surface area contributed by atoms with Crippen molar-refractivity contribution in [2.45, 2.75) is 64.8 Å². The largest absolute Gasteiger partial charge is 0.444 e. The van der Waals surface area contributed by atoms with E-state index in [9.17, 15) is 9.59 Å². The number of amides is 2. The number of nitrogens with zero attached hydrogens (tertiary/aromatic N) is 5. The van der Waals surface area contributed by atoms with Gasteiger partial charge in [-0.3, -0.25) is 9.48 Å². The second-order valence-electron chi connectivity index (χ2n) is 8.68. The zero-order valence-corrected chi connectivity index (χ0v) is 17.2. The van der Waals surface area contributed by atoms with Crippen LogP contribution in [0.3, 0.4) is 0 Å². The lowest BCUT2D eigenvalue weighted by molar-refractivity contribution is 0.0193. The first-order valence-corrected chi connectivity index (χ1v) is 9.82. The lowest BCUT2D eigenvalue weighted by Crippen LogP contribution is -2.41. The fraction of sp³-hybridized carbons (Fsp3) is 0.550. The van der Waals surface area contributed by atoms with Gasteiger partial charge in [0.25, 0.3) is 5.91 Å². The number of rotatable bonds is 3. The van der Waals surface area contributed by atoms with E-state index in [1.165, 1.54) is 6.33 Å². The molecule has 2 aromatic rings. The molecule has 1 aliphatic heterocycles. The summed E-state index contributed by atoms with van der Waals surface area (Å²) < 4.78 is 7.29. The van der Waals surface area contributed by atoms with Crippen LogP contribution in [-0.4, -0.2) is 48.8 Å². The second-order valence-corrected chi connectivity index (χ2v) is 8.68. The number of fused-ring (bicyclic) bond motifs is 1. The molecule has 2 amide bonds. The maximum atomic E-state index is 13.0. The van der Waals surface area contributed by atoms with Gasteiger partial charge in [0.05, 0.1) is 30.0 Å². The van der Waals surface area contributed by atoms with Crippen molar-refractivity contribution in [1.29, 1.82) is 0 Å². The van der Waals surface area contributed by atoms with Crippen molar-refractivity contribution in [1.82, 2.24) is 30.0 Å². The van der Waals surface area contributed by atoms with Crippen LogP contribution in [0.4, 0.5) is 4.79 Å². The normalized spacial score (nSPS) is 17.4. The molecule has 0 spiro atoms. The third kappa shape index (κ3) is 3.81. The molecule has 1 fully saturated rings. The molecule has 1 N–H and O–H groups in total. The van der Waals surface area contributed by atoms with Crippen LogP contribution in [0.5, 0.6) is 0 Å². The van der Waals surface area contributed by atoms with Crippen molar-refractivity contribution in [3.8, 4) is 0 Å². The SMILES string of the molecule is Cc1c(C(=O)NC2(c3ccncn3)CC2)nn2c1CN(C(=O)OC(C)(C)C)CC2. The highest BCUT2D eigenvalue weighted by atomic mass is 16.6. The summed E-state index contributed by atoms with van der Waals surface area (Å²) in [5.41, 5.74) is 1.88. The lowest BCUT2D eigenvalue weighted by atomic mass is 10.1. The summed E-state index contributed by atoms with van der Waals surface area (Å²) in [6.07, 6.45) is 4.51. The average molecular weight is 398 g/mol. The van der Waals surface area contributed by atoms with E-state index >= 15 is 0 Å². The van der Waals surface area contributed by atoms with Crippen LogP contribution >= 0.6 is 0 Å². The molecular formula is C20H26N6O3. The minimum atomic E-state index is -0.547. The summed E-state index contributed by atoms with van der Waals surface area (Å²) in [5, 5.41) is 7.62. The van der Waals surface area contributed by atoms with E-state index in [0.717, 1.165) is 29.8 Å². The van der Waals surface area contributed by atoms with Crippen LogP contribution in [0, 0.1) is 6.92 Å². The quantitative estimate of drug-likeness (QED) is 0.850. The average Bonchev–Trinajstić information content (AvgIpc) is 3.38. The third-order valence-corrected chi connectivity index (χ3v) is 5.28. The number of aromatic nitrogens is 4. The molecule has 4 rings (SSSR count). The monoisotopic (exact) mass is 398 g/mol. The molecule has 0 aromatic carbocycles. The van der Waals surface area contributed by atoms with Gasteiger partial charge >= 0.3 is 6.09 Å². The fourth-order valence-electron chi connectivity index (χ4n) is 3.57. The molecule has 2 aliphatic rings. The van der Waals surface area contributed by atoms with Gasteiger partial charge < -0.3 is 15.0 Å². The number of carbonyl (C=O) groups excluding carboxylic acids is 2. The molecule has 9 heteroatoms. The van der Waals surface area contributed by atoms with Crippen LogP contribution in [0.15, 0.2) is 18.6 Å². The van der Waals surface area contributed by atoms with Crippen molar-refractivity contribution >= 4 is 12.0 Å². The molecule has 2 aromatic heterocycles. The molecule has 1 aliphatic carbocycles. The Morgan fingerprint density at radius 3 is 2.62 bits per heavy atom. The smallest absolute Gasteiger partial charge is 0.410 e. The molecule has 0 bridgehead atoms. The van der Waals surface area contributed by atoms with E-state index in [2.05, 4.69) is 20.4 Å². The van der Waals surface area contributed by atoms with E-state index in [1.807, 2.05) is 38.4 Å². The number of hydrogen-bond acceptors (Lipinski definition) is 6. The molecule has 9 nitrogen and oxygen atoms in total. The van der Waals surface area contributed by atoms with E-state index in [0.29, 0.717) is 25.3 Å². The van der Waals surface area contributed by atoms with Gasteiger partial charge in [-0.05, 0) is 46.6 Å². The maximum absolute atomic E-state index is 13.0. The molecule has 0 unspecified atom stereocenters. The first-order chi connectivity index (χ1) is 13.7. The molecule has 1 saturated carbocycles. The van der Waals surface area contributed by atoms with Crippen LogP contribution in [0.1, 0.15) is 61.1 Å². The number of ether oxygens (including phenoxy) is 1. The van der Waals surface area contributed by atoms with E-state index in [-0.39, 0.29) is 12.0 Å². The Morgan fingerprint density at radius 2 is 2.00 bits per heavy atom. The van der Waals surface area contributed by atoms with Gasteiger partial charge in [0, 0.05) is 18.3 Å². The highest BCUT2D eigenvalue weighted by Gasteiger charge is 2.47. The zero-order chi connectivity index (χ0) is 20.8. The number of carbonyl (C=O) groups is 2. The highest BCUT2D eigenvalue weighted by Crippen LogP contribution is 2.44. The number of hydrogen-bond donors (Lipinski definition) is 1. The topological polar surface area (TPSA) is 102 Å². The molecule has 154 valence electrons. The first-order valence-electron chi connectivity index (χ1n) is 9.82. The van der Waals surface area contributed by atoms with E-state index in [4.69, 9.17) is 4.74 Å². The van der Waals surface area contributed by atoms with Gasteiger partial charge in [0.15, 0.2) is 5.69 Å². The minimum Gasteiger partial charge on any atom is -0.444 e. The van der Waals surface area contributed by atoms with Crippen LogP contribution in [0.25, 0.3) is 0 Å². The molecule has 0 saturated heterocycles. The Hall–Kier alpha value is -2.97. The van der Waals surface area contributed by atoms with E-state index < -0.39 is 11.1 Å². The Kier molecular flexibility index (Phi) is 4.55. The summed E-state index contributed by atoms with van der Waals surface area (Å²) in [6, 6.07) is 1.83. The van der Waals surface area contributed by atoms with Gasteiger partial charge in [-0.1, -0.05) is 0 Å². The van der Waals surface area contributed by atoms with Gasteiger partial charge in [0.1, 0.15) is 11.9 Å². The predicted octanol–water partition coefficient (Wildman–Crippen LogP) is 2.15. The molecule has 29 heavy (non-hydrogen) atoms. The fourth-order valence-corrected chi connectivity index (χ4v) is 3.57. The minimum absolute atomic E-state index is 0.218. The molecule has 0 atom stereocenters. The first kappa shape index (κ1) is 19.4. The summed E-state index contributed by atoms with van der Waals surface area (Å²) in [4.78, 5) is 35.3. The standard InChI is InChI=1S/C20H26N6O3/c1-13-14-11-25(18(28)29-19(2,3)4)9-10-26(14)24-16(13)17(27)23-20(6-7-20)15-5-8-21-12-22-15/h5,8,12H,6-7,9-11H2,1-4H3,(H,23,27). The summed E-state index contributed by atoms with van der Waals surface area (Å²) >= 11 is 0.